The number of rotatable bonds is 0. The molecule has 56 valence electrons. The van der Waals surface area contributed by atoms with Crippen molar-refractivity contribution in [3.63, 3.8) is 0 Å². The van der Waals surface area contributed by atoms with Crippen LogP contribution in [0.2, 0.25) is 0 Å². The first-order valence-electron chi connectivity index (χ1n) is 0.851. The maximum absolute atomic E-state index is 8.33. The molecule has 0 aromatic heterocycles. The molecule has 0 unspecified atom stereocenters. The van der Waals surface area contributed by atoms with Gasteiger partial charge in [-0.25, -0.2) is 0 Å². The summed E-state index contributed by atoms with van der Waals surface area (Å²) in [6.07, 6.45) is -2.33. The summed E-state index contributed by atoms with van der Waals surface area (Å²) in [4.78, 5) is 8.33. The molecule has 0 bridgehead atoms. The van der Waals surface area contributed by atoms with Crippen LogP contribution in [0.5, 0.6) is 0 Å². The molecule has 0 spiro atoms. The van der Waals surface area contributed by atoms with Crippen molar-refractivity contribution in [3.05, 3.63) is 0 Å². The first-order valence-corrected chi connectivity index (χ1v) is 3.57. The van der Waals surface area contributed by atoms with Crippen molar-refractivity contribution in [1.29, 1.82) is 0 Å². The standard InChI is InChI=1S/CH2O3.2ClH.2Ni/c2-1(3)4;;;;/h(H2,2,3,4);2*1H;;/q;;;2*+2/p-4. The molecule has 3 nitrogen and oxygen atoms in total. The van der Waals surface area contributed by atoms with Gasteiger partial charge in [-0.15, -0.1) is 0 Å². The summed E-state index contributed by atoms with van der Waals surface area (Å²) in [5, 5.41) is 16.7. The fourth-order valence-corrected chi connectivity index (χ4v) is 0. The van der Waals surface area contributed by atoms with Crippen molar-refractivity contribution >= 4 is 26.5 Å². The molecule has 0 aromatic carbocycles. The smallest absolute Gasteiger partial charge is 2.00 e. The third-order valence-corrected chi connectivity index (χ3v) is 0. The monoisotopic (exact) mass is 246 g/mol. The van der Waals surface area contributed by atoms with Gasteiger partial charge in [0, 0.05) is 0 Å². The van der Waals surface area contributed by atoms with Gasteiger partial charge in [-0.05, 0) is 6.16 Å². The second-order valence-corrected chi connectivity index (χ2v) is 1.93. The van der Waals surface area contributed by atoms with Gasteiger partial charge < -0.3 is 15.0 Å². The Bertz CT molecular complexity index is 46.5. The van der Waals surface area contributed by atoms with Crippen molar-refractivity contribution in [2.45, 2.75) is 0 Å². The minimum Gasteiger partial charge on any atom is 2.00 e. The molecule has 0 aliphatic rings. The van der Waals surface area contributed by atoms with Crippen LogP contribution in [0.1, 0.15) is 0 Å². The molecule has 8 heavy (non-hydrogen) atoms. The maximum Gasteiger partial charge on any atom is 2.00 e. The van der Waals surface area contributed by atoms with Crippen molar-refractivity contribution in [2.24, 2.45) is 0 Å². The topological polar surface area (TPSA) is 63.2 Å². The van der Waals surface area contributed by atoms with Gasteiger partial charge in [-0.3, -0.25) is 0 Å². The summed E-state index contributed by atoms with van der Waals surface area (Å²) in [5.74, 6) is 0. The van der Waals surface area contributed by atoms with Crippen molar-refractivity contribution < 1.29 is 44.2 Å². The number of carbonyl (C=O) groups is 1. The van der Waals surface area contributed by atoms with E-state index in [0.717, 1.165) is 0 Å². The molecule has 7 heteroatoms. The predicted octanol–water partition coefficient (Wildman–Crippen LogP) is -1.07. The summed E-state index contributed by atoms with van der Waals surface area (Å²) < 4.78 is 0. The molecule has 0 heterocycles. The molecule has 0 aliphatic heterocycles. The van der Waals surface area contributed by atoms with E-state index in [1.165, 1.54) is 0 Å². The molecule has 0 rings (SSSR count). The van der Waals surface area contributed by atoms with Crippen molar-refractivity contribution in [2.75, 3.05) is 0 Å². The first kappa shape index (κ1) is 15.9. The molecule has 0 aliphatic carbocycles. The Kier molecular flexibility index (Phi) is 31.2. The van der Waals surface area contributed by atoms with Gasteiger partial charge in [0.15, 0.2) is 0 Å². The van der Waals surface area contributed by atoms with Crippen LogP contribution in [0.4, 0.5) is 4.79 Å². The average molecular weight is 248 g/mol. The minimum atomic E-state index is -2.33. The Morgan fingerprint density at radius 3 is 1.38 bits per heavy atom. The molecule has 0 amide bonds. The van der Waals surface area contributed by atoms with Gasteiger partial charge in [0.05, 0.1) is 0 Å². The molecular weight excluding hydrogens is 248 g/mol. The SMILES string of the molecule is O=C([O-])[O-].[Cl][Ni][Cl].[Ni+2]. The molecule has 0 saturated carbocycles. The number of carboxylic acid groups (broad SMARTS) is 2. The zero-order valence-electron chi connectivity index (χ0n) is 3.11. The quantitative estimate of drug-likeness (QED) is 0.513. The van der Waals surface area contributed by atoms with Crippen molar-refractivity contribution in [3.8, 4) is 0 Å². The second kappa shape index (κ2) is 15.7. The van der Waals surface area contributed by atoms with E-state index in [1.54, 1.807) is 0 Å². The van der Waals surface area contributed by atoms with E-state index in [4.69, 9.17) is 35.4 Å². The summed E-state index contributed by atoms with van der Waals surface area (Å²) in [6.45, 7) is 0. The van der Waals surface area contributed by atoms with E-state index in [2.05, 4.69) is 0 Å². The third-order valence-electron chi connectivity index (χ3n) is 0. The van der Waals surface area contributed by atoms with Gasteiger partial charge >= 0.3 is 49.5 Å². The number of carbonyl (C=O) groups excluding carboxylic acids is 1. The first-order chi connectivity index (χ1) is 3.15. The summed E-state index contributed by atoms with van der Waals surface area (Å²) in [5.41, 5.74) is 0. The Hall–Kier alpha value is 0.837. The predicted molar refractivity (Wildman–Crippen MR) is 17.1 cm³/mol. The van der Waals surface area contributed by atoms with Crippen molar-refractivity contribution in [1.82, 2.24) is 0 Å². The average Bonchev–Trinajstić information content (AvgIpc) is 1.33. The zero-order chi connectivity index (χ0) is 6.28. The summed E-state index contributed by atoms with van der Waals surface area (Å²) >= 11 is 0.569. The Labute approximate surface area is 70.6 Å². The van der Waals surface area contributed by atoms with E-state index in [1.807, 2.05) is 0 Å². The molecular formula is CCl2Ni2O3. The van der Waals surface area contributed by atoms with Crippen LogP contribution in [-0.2, 0) is 29.1 Å². The van der Waals surface area contributed by atoms with Crippen LogP contribution in [0.25, 0.3) is 0 Å². The van der Waals surface area contributed by atoms with Crippen LogP contribution >= 0.6 is 20.4 Å². The molecule has 0 N–H and O–H groups in total. The second-order valence-electron chi connectivity index (χ2n) is 0.295. The van der Waals surface area contributed by atoms with Crippen LogP contribution in [-0.4, -0.2) is 6.16 Å². The van der Waals surface area contributed by atoms with Crippen LogP contribution < -0.4 is 10.2 Å². The zero-order valence-corrected chi connectivity index (χ0v) is 6.60. The van der Waals surface area contributed by atoms with Gasteiger partial charge in [0.1, 0.15) is 0 Å². The Morgan fingerprint density at radius 1 is 1.38 bits per heavy atom. The largest absolute Gasteiger partial charge is 2.00 e. The van der Waals surface area contributed by atoms with Crippen LogP contribution in [0.15, 0.2) is 0 Å². The maximum atomic E-state index is 8.33. The summed E-state index contributed by atoms with van der Waals surface area (Å²) in [7, 11) is 9.40. The van der Waals surface area contributed by atoms with E-state index in [0.29, 0.717) is 12.7 Å². The van der Waals surface area contributed by atoms with Crippen LogP contribution in [0.3, 0.4) is 0 Å². The van der Waals surface area contributed by atoms with E-state index < -0.39 is 6.16 Å². The minimum absolute atomic E-state index is 0. The van der Waals surface area contributed by atoms with Crippen LogP contribution in [0, 0.1) is 0 Å². The molecule has 0 atom stereocenters. The Balaban J connectivity index is -0.0000000575. The van der Waals surface area contributed by atoms with E-state index in [-0.39, 0.29) is 16.5 Å². The molecule has 0 saturated heterocycles. The van der Waals surface area contributed by atoms with Gasteiger partial charge in [-0.1, -0.05) is 0 Å². The number of hydrogen-bond acceptors (Lipinski definition) is 3. The van der Waals surface area contributed by atoms with Gasteiger partial charge in [0.2, 0.25) is 0 Å². The third kappa shape index (κ3) is 332. The van der Waals surface area contributed by atoms with Gasteiger partial charge in [-0.2, -0.15) is 0 Å². The normalized spacial score (nSPS) is 5.75. The Morgan fingerprint density at radius 2 is 1.38 bits per heavy atom. The van der Waals surface area contributed by atoms with E-state index in [9.17, 15) is 0 Å². The fourth-order valence-electron chi connectivity index (χ4n) is 0. The molecule has 0 radical (unpaired) electrons. The molecule has 0 fully saturated rings. The summed E-state index contributed by atoms with van der Waals surface area (Å²) in [6, 6.07) is 0. The number of hydrogen-bond donors (Lipinski definition) is 0. The number of halogens is 2. The molecule has 0 aromatic rings. The fraction of sp³-hybridized carbons (Fsp3) is 0. The van der Waals surface area contributed by atoms with Gasteiger partial charge in [0.25, 0.3) is 0 Å². The van der Waals surface area contributed by atoms with E-state index >= 15 is 0 Å².